The Hall–Kier alpha value is -0.600. The maximum absolute atomic E-state index is 13.7. The number of rotatable bonds is 3. The molecule has 2 rings (SSSR count). The van der Waals surface area contributed by atoms with Gasteiger partial charge in [0.15, 0.2) is 0 Å². The predicted octanol–water partition coefficient (Wildman–Crippen LogP) is 3.59. The second-order valence-electron chi connectivity index (χ2n) is 4.29. The van der Waals surface area contributed by atoms with Crippen LogP contribution in [0, 0.1) is 5.82 Å². The summed E-state index contributed by atoms with van der Waals surface area (Å²) in [5, 5.41) is 0. The summed E-state index contributed by atoms with van der Waals surface area (Å²) in [6.07, 6.45) is 3.67. The van der Waals surface area contributed by atoms with E-state index in [9.17, 15) is 4.39 Å². The van der Waals surface area contributed by atoms with Gasteiger partial charge < -0.3 is 0 Å². The topological polar surface area (TPSA) is 3.24 Å². The third-order valence-corrected chi connectivity index (χ3v) is 3.53. The second-order valence-corrected chi connectivity index (χ2v) is 4.60. The molecule has 1 saturated heterocycles. The maximum atomic E-state index is 13.7. The van der Waals surface area contributed by atoms with Crippen LogP contribution in [0.5, 0.6) is 0 Å². The summed E-state index contributed by atoms with van der Waals surface area (Å²) in [6.45, 7) is 2.07. The average molecular weight is 242 g/mol. The molecule has 1 aliphatic rings. The molecule has 1 fully saturated rings. The van der Waals surface area contributed by atoms with Gasteiger partial charge >= 0.3 is 0 Å². The number of nitrogens with zero attached hydrogens (tertiary/aromatic N) is 1. The highest BCUT2D eigenvalue weighted by Crippen LogP contribution is 2.27. The van der Waals surface area contributed by atoms with Crippen molar-refractivity contribution in [3.63, 3.8) is 0 Å². The third-order valence-electron chi connectivity index (χ3n) is 3.24. The lowest BCUT2D eigenvalue weighted by Gasteiger charge is -2.33. The normalized spacial score (nSPS) is 19.6. The molecule has 0 radical (unpaired) electrons. The summed E-state index contributed by atoms with van der Waals surface area (Å²) in [5.74, 6) is 0.319. The van der Waals surface area contributed by atoms with Crippen molar-refractivity contribution < 1.29 is 4.39 Å². The lowest BCUT2D eigenvalue weighted by molar-refractivity contribution is 0.174. The summed E-state index contributed by atoms with van der Waals surface area (Å²) >= 11 is 6.00. The van der Waals surface area contributed by atoms with Gasteiger partial charge in [0.25, 0.3) is 0 Å². The first-order valence-electron chi connectivity index (χ1n) is 5.87. The minimum Gasteiger partial charge on any atom is -0.295 e. The van der Waals surface area contributed by atoms with Crippen LogP contribution in [0.3, 0.4) is 0 Å². The molecule has 0 spiro atoms. The molecular weight excluding hydrogens is 225 g/mol. The fourth-order valence-corrected chi connectivity index (χ4v) is 2.71. The Morgan fingerprint density at radius 2 is 1.88 bits per heavy atom. The van der Waals surface area contributed by atoms with E-state index in [0.29, 0.717) is 5.88 Å². The summed E-state index contributed by atoms with van der Waals surface area (Å²) in [4.78, 5) is 2.30. The summed E-state index contributed by atoms with van der Waals surface area (Å²) in [7, 11) is 0. The van der Waals surface area contributed by atoms with E-state index >= 15 is 0 Å². The van der Waals surface area contributed by atoms with Gasteiger partial charge in [0.05, 0.1) is 6.04 Å². The molecule has 1 aromatic rings. The van der Waals surface area contributed by atoms with Crippen molar-refractivity contribution in [2.45, 2.75) is 25.3 Å². The van der Waals surface area contributed by atoms with Crippen LogP contribution in [0.25, 0.3) is 0 Å². The van der Waals surface area contributed by atoms with Crippen LogP contribution in [0.15, 0.2) is 24.3 Å². The van der Waals surface area contributed by atoms with E-state index < -0.39 is 0 Å². The fraction of sp³-hybridized carbons (Fsp3) is 0.538. The van der Waals surface area contributed by atoms with Gasteiger partial charge in [-0.15, -0.1) is 11.6 Å². The van der Waals surface area contributed by atoms with Gasteiger partial charge in [0.1, 0.15) is 5.82 Å². The highest BCUT2D eigenvalue weighted by molar-refractivity contribution is 6.18. The van der Waals surface area contributed by atoms with E-state index in [4.69, 9.17) is 11.6 Å². The molecule has 0 aliphatic carbocycles. The first-order valence-corrected chi connectivity index (χ1v) is 6.41. The summed E-state index contributed by atoms with van der Waals surface area (Å²) in [5.41, 5.74) is 0.736. The van der Waals surface area contributed by atoms with Crippen LogP contribution in [0.4, 0.5) is 4.39 Å². The largest absolute Gasteiger partial charge is 0.295 e. The third kappa shape index (κ3) is 2.55. The monoisotopic (exact) mass is 241 g/mol. The molecule has 16 heavy (non-hydrogen) atoms. The molecule has 0 aromatic heterocycles. The Kier molecular flexibility index (Phi) is 4.19. The van der Waals surface area contributed by atoms with Crippen LogP contribution in [-0.2, 0) is 0 Å². The molecule has 3 heteroatoms. The SMILES string of the molecule is Fc1ccccc1C(CCl)N1CCCCC1. The molecule has 0 N–H and O–H groups in total. The van der Waals surface area contributed by atoms with Crippen molar-refractivity contribution in [1.82, 2.24) is 4.90 Å². The van der Waals surface area contributed by atoms with E-state index in [1.165, 1.54) is 25.3 Å². The van der Waals surface area contributed by atoms with Crippen LogP contribution >= 0.6 is 11.6 Å². The second kappa shape index (κ2) is 5.65. The minimum absolute atomic E-state index is 0.0307. The van der Waals surface area contributed by atoms with E-state index in [-0.39, 0.29) is 11.9 Å². The van der Waals surface area contributed by atoms with E-state index in [1.54, 1.807) is 6.07 Å². The lowest BCUT2D eigenvalue weighted by Crippen LogP contribution is -2.35. The first-order chi connectivity index (χ1) is 7.83. The van der Waals surface area contributed by atoms with Crippen LogP contribution in [-0.4, -0.2) is 23.9 Å². The zero-order valence-corrected chi connectivity index (χ0v) is 10.1. The van der Waals surface area contributed by atoms with Crippen molar-refractivity contribution in [3.05, 3.63) is 35.6 Å². The number of alkyl halides is 1. The lowest BCUT2D eigenvalue weighted by atomic mass is 10.0. The quantitative estimate of drug-likeness (QED) is 0.731. The van der Waals surface area contributed by atoms with Crippen molar-refractivity contribution in [3.8, 4) is 0 Å². The van der Waals surface area contributed by atoms with Crippen LogP contribution in [0.2, 0.25) is 0 Å². The van der Waals surface area contributed by atoms with E-state index in [0.717, 1.165) is 18.7 Å². The van der Waals surface area contributed by atoms with E-state index in [2.05, 4.69) is 4.90 Å². The zero-order chi connectivity index (χ0) is 11.4. The Morgan fingerprint density at radius 1 is 1.19 bits per heavy atom. The molecule has 0 amide bonds. The van der Waals surface area contributed by atoms with Crippen molar-refractivity contribution >= 4 is 11.6 Å². The van der Waals surface area contributed by atoms with Crippen molar-refractivity contribution in [2.75, 3.05) is 19.0 Å². The Morgan fingerprint density at radius 3 is 2.50 bits per heavy atom. The maximum Gasteiger partial charge on any atom is 0.128 e. The number of benzene rings is 1. The van der Waals surface area contributed by atoms with Crippen molar-refractivity contribution in [2.24, 2.45) is 0 Å². The van der Waals surface area contributed by atoms with Gasteiger partial charge in [-0.2, -0.15) is 0 Å². The van der Waals surface area contributed by atoms with Gasteiger partial charge in [-0.3, -0.25) is 4.90 Å². The van der Waals surface area contributed by atoms with Gasteiger partial charge in [-0.1, -0.05) is 24.6 Å². The predicted molar refractivity (Wildman–Crippen MR) is 65.3 cm³/mol. The minimum atomic E-state index is -0.140. The molecule has 1 heterocycles. The zero-order valence-electron chi connectivity index (χ0n) is 9.33. The summed E-state index contributed by atoms with van der Waals surface area (Å²) < 4.78 is 13.7. The molecule has 88 valence electrons. The molecule has 1 aromatic carbocycles. The average Bonchev–Trinajstić information content (AvgIpc) is 2.34. The molecule has 1 aliphatic heterocycles. The smallest absolute Gasteiger partial charge is 0.128 e. The molecule has 0 bridgehead atoms. The van der Waals surface area contributed by atoms with Crippen LogP contribution < -0.4 is 0 Å². The van der Waals surface area contributed by atoms with Gasteiger partial charge in [0.2, 0.25) is 0 Å². The number of halogens is 2. The molecular formula is C13H17ClFN. The van der Waals surface area contributed by atoms with E-state index in [1.807, 2.05) is 12.1 Å². The van der Waals surface area contributed by atoms with Crippen molar-refractivity contribution in [1.29, 1.82) is 0 Å². The Bertz CT molecular complexity index is 336. The van der Waals surface area contributed by atoms with Gasteiger partial charge in [-0.05, 0) is 32.0 Å². The molecule has 1 unspecified atom stereocenters. The Labute approximate surface area is 101 Å². The summed E-state index contributed by atoms with van der Waals surface area (Å²) in [6, 6.07) is 6.99. The number of hydrogen-bond donors (Lipinski definition) is 0. The molecule has 1 atom stereocenters. The number of piperidine rings is 1. The molecule has 0 saturated carbocycles. The number of hydrogen-bond acceptors (Lipinski definition) is 1. The highest BCUT2D eigenvalue weighted by Gasteiger charge is 2.23. The van der Waals surface area contributed by atoms with Crippen LogP contribution in [0.1, 0.15) is 30.9 Å². The van der Waals surface area contributed by atoms with Gasteiger partial charge in [0, 0.05) is 11.4 Å². The first kappa shape index (κ1) is 11.9. The standard InChI is InChI=1S/C13H17ClFN/c14-10-13(16-8-4-1-5-9-16)11-6-2-3-7-12(11)15/h2-3,6-7,13H,1,4-5,8-10H2. The number of likely N-dealkylation sites (tertiary alicyclic amines) is 1. The fourth-order valence-electron chi connectivity index (χ4n) is 2.35. The molecule has 1 nitrogen and oxygen atoms in total. The Balaban J connectivity index is 2.18. The highest BCUT2D eigenvalue weighted by atomic mass is 35.5. The van der Waals surface area contributed by atoms with Gasteiger partial charge in [-0.25, -0.2) is 4.39 Å².